The number of halogens is 3. The Morgan fingerprint density at radius 2 is 2.06 bits per heavy atom. The molecule has 0 amide bonds. The standard InChI is InChI=1S/C12H19F3O2/c13-12(14,15)9-17-7-3-5-10-4-1-2-6-11(16)8-10/h10H,1-9H2. The minimum atomic E-state index is -4.24. The fourth-order valence-electron chi connectivity index (χ4n) is 2.19. The number of hydrogen-bond donors (Lipinski definition) is 0. The van der Waals surface area contributed by atoms with Crippen LogP contribution in [0, 0.1) is 5.92 Å². The van der Waals surface area contributed by atoms with Gasteiger partial charge in [-0.1, -0.05) is 12.8 Å². The maximum Gasteiger partial charge on any atom is 0.411 e. The third-order valence-electron chi connectivity index (χ3n) is 3.00. The van der Waals surface area contributed by atoms with Gasteiger partial charge in [-0.3, -0.25) is 4.79 Å². The Bertz CT molecular complexity index is 238. The monoisotopic (exact) mass is 252 g/mol. The highest BCUT2D eigenvalue weighted by molar-refractivity contribution is 5.78. The molecule has 1 fully saturated rings. The van der Waals surface area contributed by atoms with Gasteiger partial charge in [0.2, 0.25) is 0 Å². The van der Waals surface area contributed by atoms with Gasteiger partial charge in [-0.15, -0.1) is 0 Å². The largest absolute Gasteiger partial charge is 0.411 e. The van der Waals surface area contributed by atoms with Crippen molar-refractivity contribution in [2.45, 2.75) is 51.1 Å². The Balaban J connectivity index is 2.07. The number of rotatable bonds is 5. The molecule has 0 N–H and O–H groups in total. The highest BCUT2D eigenvalue weighted by atomic mass is 19.4. The predicted molar refractivity (Wildman–Crippen MR) is 57.7 cm³/mol. The molecule has 1 rings (SSSR count). The Hall–Kier alpha value is -0.580. The first-order valence-corrected chi connectivity index (χ1v) is 6.13. The van der Waals surface area contributed by atoms with Crippen LogP contribution in [0.2, 0.25) is 0 Å². The summed E-state index contributed by atoms with van der Waals surface area (Å²) in [6, 6.07) is 0. The van der Waals surface area contributed by atoms with Crippen molar-refractivity contribution < 1.29 is 22.7 Å². The maximum absolute atomic E-state index is 11.8. The van der Waals surface area contributed by atoms with E-state index in [1.54, 1.807) is 0 Å². The summed E-state index contributed by atoms with van der Waals surface area (Å²) in [5.41, 5.74) is 0. The van der Waals surface area contributed by atoms with Gasteiger partial charge in [0.1, 0.15) is 12.4 Å². The molecule has 0 heterocycles. The molecule has 1 unspecified atom stereocenters. The van der Waals surface area contributed by atoms with E-state index in [4.69, 9.17) is 0 Å². The van der Waals surface area contributed by atoms with Crippen LogP contribution in [0.3, 0.4) is 0 Å². The van der Waals surface area contributed by atoms with Crippen molar-refractivity contribution in [1.29, 1.82) is 0 Å². The second-order valence-corrected chi connectivity index (χ2v) is 4.66. The van der Waals surface area contributed by atoms with Crippen molar-refractivity contribution in [2.75, 3.05) is 13.2 Å². The minimum Gasteiger partial charge on any atom is -0.372 e. The van der Waals surface area contributed by atoms with Crippen LogP contribution in [0.15, 0.2) is 0 Å². The Labute approximate surface area is 99.5 Å². The Kier molecular flexibility index (Phi) is 5.95. The first kappa shape index (κ1) is 14.5. The van der Waals surface area contributed by atoms with E-state index in [0.29, 0.717) is 31.0 Å². The lowest BCUT2D eigenvalue weighted by molar-refractivity contribution is -0.174. The van der Waals surface area contributed by atoms with Gasteiger partial charge in [-0.05, 0) is 25.2 Å². The molecule has 0 aromatic carbocycles. The molecule has 100 valence electrons. The maximum atomic E-state index is 11.8. The Morgan fingerprint density at radius 3 is 2.76 bits per heavy atom. The van der Waals surface area contributed by atoms with Gasteiger partial charge in [0, 0.05) is 19.4 Å². The van der Waals surface area contributed by atoms with Crippen molar-refractivity contribution in [3.05, 3.63) is 0 Å². The summed E-state index contributed by atoms with van der Waals surface area (Å²) in [5.74, 6) is 0.642. The van der Waals surface area contributed by atoms with E-state index in [2.05, 4.69) is 4.74 Å². The molecule has 17 heavy (non-hydrogen) atoms. The number of Topliss-reactive ketones (excluding diaryl/α,β-unsaturated/α-hetero) is 1. The third kappa shape index (κ3) is 7.36. The van der Waals surface area contributed by atoms with E-state index in [9.17, 15) is 18.0 Å². The van der Waals surface area contributed by atoms with E-state index in [1.165, 1.54) is 0 Å². The quantitative estimate of drug-likeness (QED) is 0.553. The predicted octanol–water partition coefficient (Wildman–Crippen LogP) is 3.49. The summed E-state index contributed by atoms with van der Waals surface area (Å²) in [5, 5.41) is 0. The van der Waals surface area contributed by atoms with Crippen LogP contribution in [0.5, 0.6) is 0 Å². The number of ether oxygens (including phenoxy) is 1. The summed E-state index contributed by atoms with van der Waals surface area (Å²) in [7, 11) is 0. The van der Waals surface area contributed by atoms with Gasteiger partial charge in [-0.2, -0.15) is 13.2 Å². The number of carbonyl (C=O) groups excluding carboxylic acids is 1. The van der Waals surface area contributed by atoms with Crippen LogP contribution >= 0.6 is 0 Å². The fourth-order valence-corrected chi connectivity index (χ4v) is 2.19. The zero-order valence-corrected chi connectivity index (χ0v) is 9.89. The van der Waals surface area contributed by atoms with E-state index in [0.717, 1.165) is 25.7 Å². The molecular formula is C12H19F3O2. The molecule has 1 aliphatic rings. The first-order chi connectivity index (χ1) is 7.97. The van der Waals surface area contributed by atoms with Gasteiger partial charge in [0.15, 0.2) is 0 Å². The average Bonchev–Trinajstić information content (AvgIpc) is 2.40. The van der Waals surface area contributed by atoms with Crippen LogP contribution < -0.4 is 0 Å². The molecule has 1 atom stereocenters. The van der Waals surface area contributed by atoms with Gasteiger partial charge in [-0.25, -0.2) is 0 Å². The first-order valence-electron chi connectivity index (χ1n) is 6.13. The van der Waals surface area contributed by atoms with Gasteiger partial charge in [0.05, 0.1) is 0 Å². The molecule has 0 radical (unpaired) electrons. The summed E-state index contributed by atoms with van der Waals surface area (Å²) in [4.78, 5) is 11.3. The molecule has 2 nitrogen and oxygen atoms in total. The molecule has 0 bridgehead atoms. The van der Waals surface area contributed by atoms with Crippen molar-refractivity contribution >= 4 is 5.78 Å². The number of ketones is 1. The third-order valence-corrected chi connectivity index (χ3v) is 3.00. The highest BCUT2D eigenvalue weighted by Gasteiger charge is 2.27. The van der Waals surface area contributed by atoms with E-state index >= 15 is 0 Å². The molecule has 0 spiro atoms. The van der Waals surface area contributed by atoms with Gasteiger partial charge in [0.25, 0.3) is 0 Å². The van der Waals surface area contributed by atoms with Crippen molar-refractivity contribution in [3.63, 3.8) is 0 Å². The molecule has 0 saturated heterocycles. The second-order valence-electron chi connectivity index (χ2n) is 4.66. The molecule has 5 heteroatoms. The van der Waals surface area contributed by atoms with Crippen molar-refractivity contribution in [1.82, 2.24) is 0 Å². The summed E-state index contributed by atoms with van der Waals surface area (Å²) in [6.45, 7) is -1.04. The highest BCUT2D eigenvalue weighted by Crippen LogP contribution is 2.24. The van der Waals surface area contributed by atoms with E-state index in [-0.39, 0.29) is 6.61 Å². The lowest BCUT2D eigenvalue weighted by atomic mass is 9.95. The zero-order valence-electron chi connectivity index (χ0n) is 9.89. The van der Waals surface area contributed by atoms with Crippen LogP contribution in [0.4, 0.5) is 13.2 Å². The fraction of sp³-hybridized carbons (Fsp3) is 0.917. The molecule has 0 aromatic rings. The molecule has 0 aromatic heterocycles. The number of hydrogen-bond acceptors (Lipinski definition) is 2. The lowest BCUT2D eigenvalue weighted by Gasteiger charge is -2.13. The SMILES string of the molecule is O=C1CCCCC(CCCOCC(F)(F)F)C1. The summed E-state index contributed by atoms with van der Waals surface area (Å²) in [6.07, 6.45) is 1.46. The zero-order chi connectivity index (χ0) is 12.7. The van der Waals surface area contributed by atoms with E-state index < -0.39 is 12.8 Å². The number of carbonyl (C=O) groups is 1. The molecular weight excluding hydrogens is 233 g/mol. The smallest absolute Gasteiger partial charge is 0.372 e. The van der Waals surface area contributed by atoms with Crippen molar-refractivity contribution in [3.8, 4) is 0 Å². The average molecular weight is 252 g/mol. The van der Waals surface area contributed by atoms with E-state index in [1.807, 2.05) is 0 Å². The van der Waals surface area contributed by atoms with Crippen LogP contribution in [-0.4, -0.2) is 25.2 Å². The lowest BCUT2D eigenvalue weighted by Crippen LogP contribution is -2.17. The van der Waals surface area contributed by atoms with Gasteiger partial charge < -0.3 is 4.74 Å². The Morgan fingerprint density at radius 1 is 1.29 bits per heavy atom. The normalized spacial score (nSPS) is 22.5. The minimum absolute atomic E-state index is 0.129. The molecule has 0 aliphatic heterocycles. The van der Waals surface area contributed by atoms with Gasteiger partial charge >= 0.3 is 6.18 Å². The summed E-state index contributed by atoms with van der Waals surface area (Å²) >= 11 is 0. The van der Waals surface area contributed by atoms with Crippen molar-refractivity contribution in [2.24, 2.45) is 5.92 Å². The molecule has 1 aliphatic carbocycles. The van der Waals surface area contributed by atoms with Crippen LogP contribution in [0.1, 0.15) is 44.9 Å². The van der Waals surface area contributed by atoms with Crippen LogP contribution in [-0.2, 0) is 9.53 Å². The topological polar surface area (TPSA) is 26.3 Å². The number of alkyl halides is 3. The summed E-state index contributed by atoms with van der Waals surface area (Å²) < 4.78 is 39.9. The second kappa shape index (κ2) is 6.99. The molecule has 1 saturated carbocycles. The van der Waals surface area contributed by atoms with Crippen LogP contribution in [0.25, 0.3) is 0 Å².